The van der Waals surface area contributed by atoms with Crippen LogP contribution in [0.15, 0.2) is 53.5 Å². The van der Waals surface area contributed by atoms with Gasteiger partial charge in [-0.3, -0.25) is 4.99 Å². The first-order chi connectivity index (χ1) is 14.3. The van der Waals surface area contributed by atoms with Gasteiger partial charge in [-0.1, -0.05) is 30.3 Å². The molecule has 0 saturated carbocycles. The Morgan fingerprint density at radius 1 is 1.00 bits per heavy atom. The predicted molar refractivity (Wildman–Crippen MR) is 135 cm³/mol. The third-order valence-electron chi connectivity index (χ3n) is 4.34. The number of halogens is 1. The molecule has 0 aliphatic heterocycles. The van der Waals surface area contributed by atoms with E-state index >= 15 is 0 Å². The van der Waals surface area contributed by atoms with Crippen LogP contribution in [-0.2, 0) is 11.2 Å². The molecule has 0 radical (unpaired) electrons. The molecule has 6 nitrogen and oxygen atoms in total. The van der Waals surface area contributed by atoms with E-state index in [-0.39, 0.29) is 24.0 Å². The fourth-order valence-electron chi connectivity index (χ4n) is 2.81. The van der Waals surface area contributed by atoms with Gasteiger partial charge < -0.3 is 24.8 Å². The first kappa shape index (κ1) is 26.0. The maximum Gasteiger partial charge on any atom is 0.195 e. The van der Waals surface area contributed by atoms with E-state index < -0.39 is 0 Å². The first-order valence-corrected chi connectivity index (χ1v) is 10.2. The normalized spacial score (nSPS) is 10.8. The van der Waals surface area contributed by atoms with Crippen molar-refractivity contribution < 1.29 is 14.2 Å². The van der Waals surface area contributed by atoms with E-state index in [0.29, 0.717) is 12.4 Å². The first-order valence-electron chi connectivity index (χ1n) is 10.2. The Kier molecular flexibility index (Phi) is 13.7. The van der Waals surface area contributed by atoms with Crippen LogP contribution in [0.4, 0.5) is 5.69 Å². The fourth-order valence-corrected chi connectivity index (χ4v) is 2.81. The Morgan fingerprint density at radius 3 is 2.50 bits per heavy atom. The minimum Gasteiger partial charge on any atom is -0.493 e. The van der Waals surface area contributed by atoms with Crippen molar-refractivity contribution in [2.24, 2.45) is 4.99 Å². The number of hydrogen-bond donors (Lipinski definition) is 2. The second-order valence-electron chi connectivity index (χ2n) is 6.48. The predicted octanol–water partition coefficient (Wildman–Crippen LogP) is 4.74. The topological polar surface area (TPSA) is 64.1 Å². The van der Waals surface area contributed by atoms with Crippen LogP contribution in [0.5, 0.6) is 11.5 Å². The number of guanidine groups is 1. The van der Waals surface area contributed by atoms with Gasteiger partial charge in [0.2, 0.25) is 0 Å². The van der Waals surface area contributed by atoms with Gasteiger partial charge >= 0.3 is 0 Å². The molecule has 0 heterocycles. The van der Waals surface area contributed by atoms with E-state index in [9.17, 15) is 0 Å². The highest BCUT2D eigenvalue weighted by atomic mass is 127. The number of aliphatic imine (C=N–C) groups is 1. The number of methoxy groups -OCH3 is 1. The van der Waals surface area contributed by atoms with Gasteiger partial charge in [-0.25, -0.2) is 0 Å². The lowest BCUT2D eigenvalue weighted by Gasteiger charge is -2.14. The molecule has 2 aromatic carbocycles. The number of benzene rings is 2. The van der Waals surface area contributed by atoms with Crippen LogP contribution in [0.3, 0.4) is 0 Å². The molecule has 0 aliphatic carbocycles. The van der Waals surface area contributed by atoms with Crippen molar-refractivity contribution in [3.05, 3.63) is 54.1 Å². The number of unbranched alkanes of at least 4 members (excludes halogenated alkanes) is 1. The molecule has 0 amide bonds. The number of nitrogens with one attached hydrogen (secondary N) is 2. The summed E-state index contributed by atoms with van der Waals surface area (Å²) in [6, 6.07) is 16.2. The van der Waals surface area contributed by atoms with E-state index in [1.54, 1.807) is 14.2 Å². The Bertz CT molecular complexity index is 742. The standard InChI is InChI=1S/C23H33N3O3.HI/c1-4-29-21-13-12-20(18-22(21)27-3)26-23(24-2)25-15-8-9-16-28-17-14-19-10-6-5-7-11-19;/h5-7,10-13,18H,4,8-9,14-17H2,1-3H3,(H2,24,25,26);1H. The third kappa shape index (κ3) is 9.67. The highest BCUT2D eigenvalue weighted by Crippen LogP contribution is 2.30. The van der Waals surface area contributed by atoms with Crippen molar-refractivity contribution in [2.75, 3.05) is 45.8 Å². The Balaban J connectivity index is 0.00000450. The quantitative estimate of drug-likeness (QED) is 0.181. The molecule has 0 aromatic heterocycles. The lowest BCUT2D eigenvalue weighted by Crippen LogP contribution is -2.31. The zero-order valence-electron chi connectivity index (χ0n) is 18.1. The molecule has 2 aromatic rings. The maximum absolute atomic E-state index is 5.72. The summed E-state index contributed by atoms with van der Waals surface area (Å²) in [6.07, 6.45) is 2.98. The van der Waals surface area contributed by atoms with Crippen molar-refractivity contribution in [1.82, 2.24) is 5.32 Å². The van der Waals surface area contributed by atoms with Crippen molar-refractivity contribution in [1.29, 1.82) is 0 Å². The molecule has 0 atom stereocenters. The lowest BCUT2D eigenvalue weighted by molar-refractivity contribution is 0.133. The second-order valence-corrected chi connectivity index (χ2v) is 6.48. The van der Waals surface area contributed by atoms with E-state index in [1.165, 1.54) is 5.56 Å². The van der Waals surface area contributed by atoms with Gasteiger partial charge in [0.25, 0.3) is 0 Å². The van der Waals surface area contributed by atoms with Crippen molar-refractivity contribution in [3.63, 3.8) is 0 Å². The van der Waals surface area contributed by atoms with Crippen LogP contribution >= 0.6 is 24.0 Å². The van der Waals surface area contributed by atoms with Crippen LogP contribution in [0.25, 0.3) is 0 Å². The van der Waals surface area contributed by atoms with Gasteiger partial charge in [0, 0.05) is 32.0 Å². The number of nitrogens with zero attached hydrogens (tertiary/aromatic N) is 1. The Morgan fingerprint density at radius 2 is 1.80 bits per heavy atom. The summed E-state index contributed by atoms with van der Waals surface area (Å²) in [5.74, 6) is 2.15. The van der Waals surface area contributed by atoms with E-state index in [2.05, 4.69) is 39.9 Å². The molecular weight excluding hydrogens is 493 g/mol. The number of hydrogen-bond acceptors (Lipinski definition) is 4. The van der Waals surface area contributed by atoms with E-state index in [0.717, 1.165) is 56.4 Å². The van der Waals surface area contributed by atoms with Crippen LogP contribution in [-0.4, -0.2) is 46.5 Å². The molecule has 0 bridgehead atoms. The number of anilines is 1. The SMILES string of the molecule is CCOc1ccc(NC(=NC)NCCCCOCCc2ccccc2)cc1OC.I. The Labute approximate surface area is 197 Å². The van der Waals surface area contributed by atoms with E-state index in [1.807, 2.05) is 31.2 Å². The second kappa shape index (κ2) is 15.8. The van der Waals surface area contributed by atoms with Crippen LogP contribution in [0.2, 0.25) is 0 Å². The molecule has 0 saturated heterocycles. The van der Waals surface area contributed by atoms with Crippen molar-refractivity contribution in [3.8, 4) is 11.5 Å². The number of ether oxygens (including phenoxy) is 3. The van der Waals surface area contributed by atoms with Crippen LogP contribution in [0, 0.1) is 0 Å². The maximum atomic E-state index is 5.72. The minimum absolute atomic E-state index is 0. The summed E-state index contributed by atoms with van der Waals surface area (Å²) in [4.78, 5) is 4.27. The average molecular weight is 527 g/mol. The summed E-state index contributed by atoms with van der Waals surface area (Å²) < 4.78 is 16.7. The average Bonchev–Trinajstić information content (AvgIpc) is 2.76. The van der Waals surface area contributed by atoms with Gasteiger partial charge in [-0.2, -0.15) is 0 Å². The van der Waals surface area contributed by atoms with Gasteiger partial charge in [0.05, 0.1) is 20.3 Å². The monoisotopic (exact) mass is 527 g/mol. The molecule has 30 heavy (non-hydrogen) atoms. The summed E-state index contributed by atoms with van der Waals surface area (Å²) in [5.41, 5.74) is 2.21. The van der Waals surface area contributed by atoms with E-state index in [4.69, 9.17) is 14.2 Å². The van der Waals surface area contributed by atoms with Crippen LogP contribution in [0.1, 0.15) is 25.3 Å². The minimum atomic E-state index is 0. The molecule has 0 spiro atoms. The fraction of sp³-hybridized carbons (Fsp3) is 0.435. The van der Waals surface area contributed by atoms with Gasteiger partial charge in [0.1, 0.15) is 0 Å². The third-order valence-corrected chi connectivity index (χ3v) is 4.34. The van der Waals surface area contributed by atoms with Crippen molar-refractivity contribution in [2.45, 2.75) is 26.2 Å². The number of rotatable bonds is 12. The molecule has 2 rings (SSSR count). The molecule has 7 heteroatoms. The molecule has 166 valence electrons. The molecule has 0 fully saturated rings. The Hall–Kier alpha value is -2.00. The van der Waals surface area contributed by atoms with Gasteiger partial charge in [-0.15, -0.1) is 24.0 Å². The summed E-state index contributed by atoms with van der Waals surface area (Å²) in [5, 5.41) is 6.60. The summed E-state index contributed by atoms with van der Waals surface area (Å²) in [6.45, 7) is 4.92. The smallest absolute Gasteiger partial charge is 0.195 e. The van der Waals surface area contributed by atoms with Gasteiger partial charge in [-0.05, 0) is 43.9 Å². The zero-order chi connectivity index (χ0) is 20.7. The molecule has 0 aliphatic rings. The summed E-state index contributed by atoms with van der Waals surface area (Å²) >= 11 is 0. The highest BCUT2D eigenvalue weighted by molar-refractivity contribution is 14.0. The largest absolute Gasteiger partial charge is 0.493 e. The van der Waals surface area contributed by atoms with Gasteiger partial charge in [0.15, 0.2) is 17.5 Å². The van der Waals surface area contributed by atoms with Crippen LogP contribution < -0.4 is 20.1 Å². The van der Waals surface area contributed by atoms with Crippen molar-refractivity contribution >= 4 is 35.6 Å². The molecule has 2 N–H and O–H groups in total. The zero-order valence-corrected chi connectivity index (χ0v) is 20.5. The summed E-state index contributed by atoms with van der Waals surface area (Å²) in [7, 11) is 3.39. The molecular formula is C23H34IN3O3. The molecule has 0 unspecified atom stereocenters. The highest BCUT2D eigenvalue weighted by Gasteiger charge is 2.06. The lowest BCUT2D eigenvalue weighted by atomic mass is 10.2.